The zero-order valence-corrected chi connectivity index (χ0v) is 7.90. The van der Waals surface area contributed by atoms with Gasteiger partial charge in [0.1, 0.15) is 12.8 Å². The van der Waals surface area contributed by atoms with Gasteiger partial charge in [-0.15, -0.1) is 0 Å². The second kappa shape index (κ2) is 4.62. The summed E-state index contributed by atoms with van der Waals surface area (Å²) in [5.41, 5.74) is 7.51. The first-order chi connectivity index (χ1) is 6.25. The van der Waals surface area contributed by atoms with Crippen molar-refractivity contribution in [1.29, 1.82) is 0 Å². The Labute approximate surface area is 78.2 Å². The van der Waals surface area contributed by atoms with Gasteiger partial charge in [0.2, 0.25) is 0 Å². The van der Waals surface area contributed by atoms with Gasteiger partial charge in [-0.3, -0.25) is 0 Å². The molecule has 13 heavy (non-hydrogen) atoms. The van der Waals surface area contributed by atoms with Crippen molar-refractivity contribution in [3.8, 4) is 0 Å². The molecule has 0 aliphatic heterocycles. The van der Waals surface area contributed by atoms with Crippen molar-refractivity contribution < 1.29 is 4.84 Å². The van der Waals surface area contributed by atoms with Gasteiger partial charge in [-0.2, -0.15) is 0 Å². The molecule has 2 N–H and O–H groups in total. The monoisotopic (exact) mass is 178 g/mol. The highest BCUT2D eigenvalue weighted by Gasteiger charge is 2.08. The summed E-state index contributed by atoms with van der Waals surface area (Å²) in [7, 11) is 1.52. The number of benzene rings is 1. The summed E-state index contributed by atoms with van der Waals surface area (Å²) in [5, 5.41) is 3.89. The standard InChI is InChI=1S/C10H14N2O/c1-8(11)10(12-13-2)9-6-4-3-5-7-9/h3-8H,11H2,1-2H3. The Morgan fingerprint density at radius 2 is 2.00 bits per heavy atom. The van der Waals surface area contributed by atoms with Gasteiger partial charge in [0, 0.05) is 11.6 Å². The Morgan fingerprint density at radius 1 is 1.38 bits per heavy atom. The minimum atomic E-state index is -0.123. The zero-order valence-electron chi connectivity index (χ0n) is 7.90. The van der Waals surface area contributed by atoms with Crippen molar-refractivity contribution in [2.45, 2.75) is 13.0 Å². The molecule has 1 unspecified atom stereocenters. The molecule has 0 aromatic heterocycles. The average molecular weight is 178 g/mol. The van der Waals surface area contributed by atoms with Gasteiger partial charge in [-0.25, -0.2) is 0 Å². The SMILES string of the molecule is CON=C(c1ccccc1)C(C)N. The number of rotatable bonds is 3. The van der Waals surface area contributed by atoms with Crippen LogP contribution >= 0.6 is 0 Å². The molecule has 0 spiro atoms. The lowest BCUT2D eigenvalue weighted by Crippen LogP contribution is -2.27. The Hall–Kier alpha value is -1.35. The van der Waals surface area contributed by atoms with E-state index in [1.54, 1.807) is 0 Å². The zero-order chi connectivity index (χ0) is 9.68. The first kappa shape index (κ1) is 9.74. The number of hydrogen-bond acceptors (Lipinski definition) is 3. The third kappa shape index (κ3) is 2.56. The fourth-order valence-electron chi connectivity index (χ4n) is 1.11. The van der Waals surface area contributed by atoms with Gasteiger partial charge >= 0.3 is 0 Å². The van der Waals surface area contributed by atoms with E-state index in [1.807, 2.05) is 37.3 Å². The van der Waals surface area contributed by atoms with Gasteiger partial charge in [-0.05, 0) is 6.92 Å². The van der Waals surface area contributed by atoms with E-state index in [-0.39, 0.29) is 6.04 Å². The second-order valence-electron chi connectivity index (χ2n) is 2.81. The maximum Gasteiger partial charge on any atom is 0.106 e. The van der Waals surface area contributed by atoms with Crippen LogP contribution in [0.25, 0.3) is 0 Å². The first-order valence-corrected chi connectivity index (χ1v) is 4.17. The van der Waals surface area contributed by atoms with E-state index >= 15 is 0 Å². The van der Waals surface area contributed by atoms with Gasteiger partial charge in [0.25, 0.3) is 0 Å². The van der Waals surface area contributed by atoms with Crippen LogP contribution in [0, 0.1) is 0 Å². The second-order valence-corrected chi connectivity index (χ2v) is 2.81. The summed E-state index contributed by atoms with van der Waals surface area (Å²) in [6, 6.07) is 9.64. The largest absolute Gasteiger partial charge is 0.399 e. The molecule has 1 atom stereocenters. The third-order valence-corrected chi connectivity index (χ3v) is 1.69. The van der Waals surface area contributed by atoms with Gasteiger partial charge < -0.3 is 10.6 Å². The molecule has 0 fully saturated rings. The molecule has 0 saturated heterocycles. The van der Waals surface area contributed by atoms with Crippen LogP contribution in [0.15, 0.2) is 35.5 Å². The molecule has 0 saturated carbocycles. The quantitative estimate of drug-likeness (QED) is 0.561. The highest BCUT2D eigenvalue weighted by atomic mass is 16.6. The van der Waals surface area contributed by atoms with Crippen LogP contribution in [0.2, 0.25) is 0 Å². The van der Waals surface area contributed by atoms with E-state index in [0.717, 1.165) is 11.3 Å². The fraction of sp³-hybridized carbons (Fsp3) is 0.300. The van der Waals surface area contributed by atoms with Crippen LogP contribution in [0.4, 0.5) is 0 Å². The van der Waals surface area contributed by atoms with Crippen LogP contribution in [0.3, 0.4) is 0 Å². The average Bonchev–Trinajstić information content (AvgIpc) is 2.15. The van der Waals surface area contributed by atoms with Gasteiger partial charge in [-0.1, -0.05) is 35.5 Å². The van der Waals surface area contributed by atoms with Crippen molar-refractivity contribution in [3.05, 3.63) is 35.9 Å². The van der Waals surface area contributed by atoms with Crippen LogP contribution < -0.4 is 5.73 Å². The third-order valence-electron chi connectivity index (χ3n) is 1.69. The summed E-state index contributed by atoms with van der Waals surface area (Å²) >= 11 is 0. The molecular weight excluding hydrogens is 164 g/mol. The Balaban J connectivity index is 2.96. The highest BCUT2D eigenvalue weighted by molar-refractivity contribution is 6.03. The fourth-order valence-corrected chi connectivity index (χ4v) is 1.11. The molecule has 0 aliphatic carbocycles. The molecular formula is C10H14N2O. The smallest absolute Gasteiger partial charge is 0.106 e. The molecule has 0 amide bonds. The maximum atomic E-state index is 5.74. The minimum absolute atomic E-state index is 0.123. The maximum absolute atomic E-state index is 5.74. The normalized spacial score (nSPS) is 13.9. The van der Waals surface area contributed by atoms with Gasteiger partial charge in [0.15, 0.2) is 0 Å². The summed E-state index contributed by atoms with van der Waals surface area (Å²) in [6.45, 7) is 1.88. The van der Waals surface area contributed by atoms with E-state index < -0.39 is 0 Å². The molecule has 0 bridgehead atoms. The number of oxime groups is 1. The van der Waals surface area contributed by atoms with Crippen molar-refractivity contribution in [2.24, 2.45) is 10.9 Å². The predicted molar refractivity (Wildman–Crippen MR) is 53.6 cm³/mol. The molecule has 1 rings (SSSR count). The molecule has 70 valence electrons. The molecule has 0 radical (unpaired) electrons. The van der Waals surface area contributed by atoms with Gasteiger partial charge in [0.05, 0.1) is 0 Å². The number of nitrogens with zero attached hydrogens (tertiary/aromatic N) is 1. The van der Waals surface area contributed by atoms with Crippen molar-refractivity contribution in [2.75, 3.05) is 7.11 Å². The summed E-state index contributed by atoms with van der Waals surface area (Å²) in [5.74, 6) is 0. The van der Waals surface area contributed by atoms with E-state index in [4.69, 9.17) is 10.6 Å². The van der Waals surface area contributed by atoms with Crippen LogP contribution in [-0.4, -0.2) is 18.9 Å². The van der Waals surface area contributed by atoms with E-state index in [9.17, 15) is 0 Å². The summed E-state index contributed by atoms with van der Waals surface area (Å²) in [4.78, 5) is 4.73. The highest BCUT2D eigenvalue weighted by Crippen LogP contribution is 2.03. The van der Waals surface area contributed by atoms with Crippen molar-refractivity contribution in [1.82, 2.24) is 0 Å². The molecule has 3 nitrogen and oxygen atoms in total. The summed E-state index contributed by atoms with van der Waals surface area (Å²) in [6.07, 6.45) is 0. The Morgan fingerprint density at radius 3 is 2.46 bits per heavy atom. The van der Waals surface area contributed by atoms with Crippen molar-refractivity contribution >= 4 is 5.71 Å². The van der Waals surface area contributed by atoms with E-state index in [1.165, 1.54) is 7.11 Å². The van der Waals surface area contributed by atoms with Crippen LogP contribution in [0.5, 0.6) is 0 Å². The number of hydrogen-bond donors (Lipinski definition) is 1. The van der Waals surface area contributed by atoms with Crippen molar-refractivity contribution in [3.63, 3.8) is 0 Å². The Bertz CT molecular complexity index is 280. The molecule has 3 heteroatoms. The lowest BCUT2D eigenvalue weighted by Gasteiger charge is -2.08. The van der Waals surface area contributed by atoms with E-state index in [2.05, 4.69) is 5.16 Å². The first-order valence-electron chi connectivity index (χ1n) is 4.17. The van der Waals surface area contributed by atoms with Crippen LogP contribution in [-0.2, 0) is 4.84 Å². The molecule has 1 aromatic rings. The summed E-state index contributed by atoms with van der Waals surface area (Å²) < 4.78 is 0. The van der Waals surface area contributed by atoms with E-state index in [0.29, 0.717) is 0 Å². The topological polar surface area (TPSA) is 47.6 Å². The predicted octanol–water partition coefficient (Wildman–Crippen LogP) is 1.38. The lowest BCUT2D eigenvalue weighted by molar-refractivity contribution is 0.212. The molecule has 0 aliphatic rings. The minimum Gasteiger partial charge on any atom is -0.399 e. The van der Waals surface area contributed by atoms with Crippen LogP contribution in [0.1, 0.15) is 12.5 Å². The Kier molecular flexibility index (Phi) is 3.46. The molecule has 0 heterocycles. The molecule has 1 aromatic carbocycles. The lowest BCUT2D eigenvalue weighted by atomic mass is 10.1. The number of nitrogens with two attached hydrogens (primary N) is 1.